The summed E-state index contributed by atoms with van der Waals surface area (Å²) in [5.74, 6) is -2.38. The van der Waals surface area contributed by atoms with Crippen LogP contribution < -0.4 is 14.2 Å². The van der Waals surface area contributed by atoms with Crippen molar-refractivity contribution in [2.24, 2.45) is 22.9 Å². The number of hydrogen-bond donors (Lipinski definition) is 2. The first-order valence-corrected chi connectivity index (χ1v) is 22.6. The maximum absolute atomic E-state index is 15.0. The van der Waals surface area contributed by atoms with Crippen LogP contribution in [0.2, 0.25) is 0 Å². The topological polar surface area (TPSA) is 206 Å². The number of oxime groups is 1. The molecule has 2 N–H and O–H groups in total. The van der Waals surface area contributed by atoms with Crippen LogP contribution in [0, 0.1) is 43.8 Å². The molecule has 0 bridgehead atoms. The van der Waals surface area contributed by atoms with Crippen LogP contribution in [0.5, 0.6) is 17.2 Å². The van der Waals surface area contributed by atoms with Gasteiger partial charge in [0.05, 0.1) is 28.1 Å². The van der Waals surface area contributed by atoms with Crippen molar-refractivity contribution in [2.45, 2.75) is 75.8 Å². The van der Waals surface area contributed by atoms with E-state index in [9.17, 15) is 34.8 Å². The van der Waals surface area contributed by atoms with Gasteiger partial charge in [0, 0.05) is 61.9 Å². The molecule has 1 fully saturated rings. The van der Waals surface area contributed by atoms with E-state index < -0.39 is 45.4 Å². The third kappa shape index (κ3) is 11.1. The van der Waals surface area contributed by atoms with E-state index in [-0.39, 0.29) is 75.0 Å². The molecule has 68 heavy (non-hydrogen) atoms. The molecule has 1 saturated carbocycles. The largest absolute Gasteiger partial charge is 0.490 e. The summed E-state index contributed by atoms with van der Waals surface area (Å²) in [6.07, 6.45) is 8.46. The molecule has 0 spiro atoms. The first kappa shape index (κ1) is 49.0. The Labute approximate surface area is 393 Å². The highest BCUT2D eigenvalue weighted by Crippen LogP contribution is 2.62. The van der Waals surface area contributed by atoms with E-state index >= 15 is 4.79 Å². The highest BCUT2D eigenvalue weighted by molar-refractivity contribution is 6.03. The van der Waals surface area contributed by atoms with Crippen LogP contribution >= 0.6 is 0 Å². The van der Waals surface area contributed by atoms with Crippen molar-refractivity contribution in [1.29, 1.82) is 0 Å². The summed E-state index contributed by atoms with van der Waals surface area (Å²) in [5, 5.41) is 47.6. The first-order valence-electron chi connectivity index (χ1n) is 22.6. The molecule has 0 radical (unpaired) electrons. The van der Waals surface area contributed by atoms with Crippen molar-refractivity contribution in [3.63, 3.8) is 0 Å². The van der Waals surface area contributed by atoms with Crippen LogP contribution in [-0.2, 0) is 22.7 Å². The number of carbonyl (C=O) groups excluding carboxylic acids is 1. The number of nitro groups is 2. The Balaban J connectivity index is 1.45. The van der Waals surface area contributed by atoms with Crippen LogP contribution in [0.1, 0.15) is 67.6 Å². The van der Waals surface area contributed by atoms with E-state index in [0.717, 1.165) is 11.1 Å². The average Bonchev–Trinajstić information content (AvgIpc) is 3.34. The number of benzene rings is 4. The van der Waals surface area contributed by atoms with E-state index in [0.29, 0.717) is 66.9 Å². The van der Waals surface area contributed by atoms with E-state index in [1.165, 1.54) is 53.4 Å². The minimum atomic E-state index is -1.70. The molecular formula is C51H55FN4O12. The molecule has 3 aliphatic rings. The van der Waals surface area contributed by atoms with Crippen LogP contribution in [0.4, 0.5) is 20.6 Å². The average molecular weight is 935 g/mol. The van der Waals surface area contributed by atoms with Crippen LogP contribution in [0.3, 0.4) is 0 Å². The van der Waals surface area contributed by atoms with Crippen molar-refractivity contribution in [3.8, 4) is 17.2 Å². The SMILES string of the molecule is C=CCOc1ccc2c(c1)[C@H]1[C@H](CCCCO)[C@@H](CCCCO)C=C3C(=NOCc4ccc([N+](=O)[O-])cc4)C[C@H](N(Cc4ccc(F)cc4)C(=O)Oc4ccc([N+](=O)[O-])cc4)[C@@](OCC=C)(O2)[C@H]31. The molecule has 16 nitrogen and oxygen atoms in total. The number of rotatable bonds is 23. The van der Waals surface area contributed by atoms with Crippen molar-refractivity contribution in [3.05, 3.63) is 171 Å². The number of nitro benzene ring substituents is 2. The van der Waals surface area contributed by atoms with E-state index in [1.54, 1.807) is 42.5 Å². The smallest absolute Gasteiger partial charge is 0.416 e. The van der Waals surface area contributed by atoms with Crippen molar-refractivity contribution < 1.29 is 53.0 Å². The van der Waals surface area contributed by atoms with E-state index in [4.69, 9.17) is 28.9 Å². The lowest BCUT2D eigenvalue weighted by molar-refractivity contribution is -0.385. The minimum absolute atomic E-state index is 0.00288. The quantitative estimate of drug-likeness (QED) is 0.0309. The van der Waals surface area contributed by atoms with Gasteiger partial charge in [-0.05, 0) is 109 Å². The fourth-order valence-electron chi connectivity index (χ4n) is 9.68. The molecule has 6 atom stereocenters. The lowest BCUT2D eigenvalue weighted by atomic mass is 9.55. The van der Waals surface area contributed by atoms with Crippen molar-refractivity contribution >= 4 is 23.2 Å². The number of ether oxygens (including phenoxy) is 4. The van der Waals surface area contributed by atoms with Crippen LogP contribution in [0.25, 0.3) is 0 Å². The molecule has 4 aromatic rings. The summed E-state index contributed by atoms with van der Waals surface area (Å²) in [4.78, 5) is 44.4. The second-order valence-electron chi connectivity index (χ2n) is 16.9. The Morgan fingerprint density at radius 2 is 1.49 bits per heavy atom. The van der Waals surface area contributed by atoms with Gasteiger partial charge in [-0.15, -0.1) is 6.58 Å². The molecule has 358 valence electrons. The predicted octanol–water partition coefficient (Wildman–Crippen LogP) is 9.74. The molecule has 4 aromatic carbocycles. The minimum Gasteiger partial charge on any atom is -0.490 e. The zero-order chi connectivity index (χ0) is 48.2. The third-order valence-electron chi connectivity index (χ3n) is 12.7. The molecule has 7 rings (SSSR count). The number of allylic oxidation sites excluding steroid dienone is 1. The van der Waals surface area contributed by atoms with Gasteiger partial charge in [-0.3, -0.25) is 25.1 Å². The lowest BCUT2D eigenvalue weighted by Gasteiger charge is -2.59. The first-order chi connectivity index (χ1) is 33.0. The fourth-order valence-corrected chi connectivity index (χ4v) is 9.68. The normalized spacial score (nSPS) is 21.8. The summed E-state index contributed by atoms with van der Waals surface area (Å²) >= 11 is 0. The molecule has 1 heterocycles. The van der Waals surface area contributed by atoms with Gasteiger partial charge < -0.3 is 34.0 Å². The van der Waals surface area contributed by atoms with Crippen molar-refractivity contribution in [1.82, 2.24) is 4.90 Å². The molecule has 0 saturated heterocycles. The number of hydrogen-bond acceptors (Lipinski definition) is 13. The zero-order valence-electron chi connectivity index (χ0n) is 37.5. The van der Waals surface area contributed by atoms with Gasteiger partial charge in [0.15, 0.2) is 0 Å². The maximum atomic E-state index is 15.0. The van der Waals surface area contributed by atoms with Gasteiger partial charge in [0.25, 0.3) is 11.4 Å². The number of carbonyl (C=O) groups is 1. The summed E-state index contributed by atoms with van der Waals surface area (Å²) in [6, 6.07) is 21.2. The monoisotopic (exact) mass is 934 g/mol. The van der Waals surface area contributed by atoms with Gasteiger partial charge in [0.2, 0.25) is 5.79 Å². The number of halogens is 1. The van der Waals surface area contributed by atoms with Gasteiger partial charge in [-0.2, -0.15) is 0 Å². The summed E-state index contributed by atoms with van der Waals surface area (Å²) in [6.45, 7) is 7.84. The Hall–Kier alpha value is -6.95. The van der Waals surface area contributed by atoms with Gasteiger partial charge >= 0.3 is 6.09 Å². The second-order valence-corrected chi connectivity index (χ2v) is 16.9. The number of aliphatic hydroxyl groups is 2. The number of aliphatic hydroxyl groups excluding tert-OH is 2. The van der Waals surface area contributed by atoms with Crippen molar-refractivity contribution in [2.75, 3.05) is 26.4 Å². The summed E-state index contributed by atoms with van der Waals surface area (Å²) < 4.78 is 40.9. The highest BCUT2D eigenvalue weighted by Gasteiger charge is 2.65. The summed E-state index contributed by atoms with van der Waals surface area (Å²) in [5.41, 5.74) is 2.90. The second kappa shape index (κ2) is 22.7. The Morgan fingerprint density at radius 3 is 2.13 bits per heavy atom. The number of fused-ring (bicyclic) bond motifs is 2. The zero-order valence-corrected chi connectivity index (χ0v) is 37.5. The number of non-ortho nitro benzene ring substituents is 2. The highest BCUT2D eigenvalue weighted by atomic mass is 19.1. The van der Waals surface area contributed by atoms with E-state index in [1.807, 2.05) is 12.1 Å². The van der Waals surface area contributed by atoms with Crippen LogP contribution in [-0.4, -0.2) is 75.0 Å². The molecule has 0 aromatic heterocycles. The molecule has 0 unspecified atom stereocenters. The molecule has 2 aliphatic carbocycles. The predicted molar refractivity (Wildman–Crippen MR) is 250 cm³/mol. The van der Waals surface area contributed by atoms with Gasteiger partial charge in [-0.25, -0.2) is 9.18 Å². The standard InChI is InChI=1S/C51H55FN4O12/c1-3-27-64-41-23-24-46-44(30-41)48-42(10-6-8-26-58)36(9-5-7-25-57)29-43-45(53-66-33-35-13-17-38(18-14-35)55(60)61)31-47(51(68-46,49(43)48)65-28-4-2)54(32-34-11-15-37(52)16-12-34)50(59)67-40-21-19-39(20-22-40)56(62)63/h3-4,11-24,29-30,36,42,47-49,57-58H,1-2,5-10,25-28,31-33H2/t36-,42+,47-,48+,49+,51+/m0/s1. The Bertz CT molecular complexity index is 2480. The summed E-state index contributed by atoms with van der Waals surface area (Å²) in [7, 11) is 0. The maximum Gasteiger partial charge on any atom is 0.416 e. The van der Waals surface area contributed by atoms with Crippen LogP contribution in [0.15, 0.2) is 133 Å². The molecule has 1 aliphatic heterocycles. The molecule has 17 heteroatoms. The lowest BCUT2D eigenvalue weighted by Crippen LogP contribution is -2.70. The number of amides is 1. The molecule has 1 amide bonds. The fraction of sp³-hybridized carbons (Fsp3) is 0.373. The van der Waals surface area contributed by atoms with Gasteiger partial charge in [-0.1, -0.05) is 54.9 Å². The third-order valence-corrected chi connectivity index (χ3v) is 12.7. The Morgan fingerprint density at radius 1 is 0.853 bits per heavy atom. The number of nitrogens with zero attached hydrogens (tertiary/aromatic N) is 4. The van der Waals surface area contributed by atoms with E-state index in [2.05, 4.69) is 19.2 Å². The van der Waals surface area contributed by atoms with Gasteiger partial charge in [0.1, 0.15) is 42.3 Å². The number of unbranched alkanes of at least 4 members (excludes halogenated alkanes) is 2. The molecular weight excluding hydrogens is 880 g/mol. The Kier molecular flexibility index (Phi) is 16.3.